The number of phenols is 1. The number of aliphatic hydroxyl groups excluding tert-OH is 1. The number of aliphatic hydroxyl groups is 1. The van der Waals surface area contributed by atoms with Gasteiger partial charge in [-0.3, -0.25) is 4.79 Å². The lowest BCUT2D eigenvalue weighted by molar-refractivity contribution is 0.0713. The number of phenolic OH excluding ortho intramolecular Hbond substituents is 1. The number of benzene rings is 3. The van der Waals surface area contributed by atoms with Crippen LogP contribution in [0.15, 0.2) is 78.9 Å². The number of piperidine rings is 1. The van der Waals surface area contributed by atoms with Crippen molar-refractivity contribution < 1.29 is 19.7 Å². The number of likely N-dealkylation sites (tertiary alicyclic amines) is 1. The maximum Gasteiger partial charge on any atom is 0.270 e. The first-order chi connectivity index (χ1) is 19.0. The van der Waals surface area contributed by atoms with Crippen molar-refractivity contribution in [2.75, 3.05) is 38.1 Å². The van der Waals surface area contributed by atoms with Gasteiger partial charge >= 0.3 is 0 Å². The molecule has 1 atom stereocenters. The number of aromatic nitrogens is 1. The van der Waals surface area contributed by atoms with Gasteiger partial charge in [0.25, 0.3) is 5.91 Å². The number of nitrogens with one attached hydrogen (secondary N) is 3. The average Bonchev–Trinajstić information content (AvgIpc) is 3.40. The smallest absolute Gasteiger partial charge is 0.270 e. The van der Waals surface area contributed by atoms with Gasteiger partial charge in [-0.15, -0.1) is 0 Å². The van der Waals surface area contributed by atoms with Crippen LogP contribution >= 0.6 is 0 Å². The number of para-hydroxylation sites is 1. The maximum absolute atomic E-state index is 13.0. The molecule has 0 saturated carbocycles. The number of ether oxygens (including phenoxy) is 1. The number of hydrogen-bond donors (Lipinski definition) is 5. The van der Waals surface area contributed by atoms with Crippen LogP contribution in [0.1, 0.15) is 28.9 Å². The first-order valence-corrected chi connectivity index (χ1v) is 13.6. The van der Waals surface area contributed by atoms with Gasteiger partial charge in [-0.05, 0) is 79.9 Å². The molecule has 1 aliphatic rings. The minimum Gasteiger partial charge on any atom is -0.508 e. The van der Waals surface area contributed by atoms with Gasteiger partial charge in [0, 0.05) is 42.3 Å². The molecule has 0 bridgehead atoms. The summed E-state index contributed by atoms with van der Waals surface area (Å²) in [7, 11) is 0. The van der Waals surface area contributed by atoms with E-state index in [9.17, 15) is 15.0 Å². The highest BCUT2D eigenvalue weighted by atomic mass is 16.5. The van der Waals surface area contributed by atoms with Crippen LogP contribution in [0.25, 0.3) is 10.9 Å². The van der Waals surface area contributed by atoms with Crippen molar-refractivity contribution in [3.63, 3.8) is 0 Å². The summed E-state index contributed by atoms with van der Waals surface area (Å²) in [5.41, 5.74) is 3.96. The molecule has 5 N–H and O–H groups in total. The molecule has 0 aliphatic carbocycles. The van der Waals surface area contributed by atoms with E-state index in [-0.39, 0.29) is 18.3 Å². The van der Waals surface area contributed by atoms with Crippen LogP contribution in [0.4, 0.5) is 5.69 Å². The standard InChI is InChI=1S/C31H36N4O4/c36-26-9-11-28(12-10-26)39-21-27(37)20-32-16-13-22-5-7-24(8-6-22)33-25-14-17-35(18-15-25)31(38)30-19-23-3-1-2-4-29(23)34-30/h1-12,19,25,27,32-34,36-37H,13-18,20-21H2/t27-/m0/s1. The second kappa shape index (κ2) is 12.7. The summed E-state index contributed by atoms with van der Waals surface area (Å²) in [4.78, 5) is 18.1. The first-order valence-electron chi connectivity index (χ1n) is 13.6. The molecule has 4 aromatic rings. The van der Waals surface area contributed by atoms with Crippen molar-refractivity contribution in [3.05, 3.63) is 90.1 Å². The first kappa shape index (κ1) is 26.6. The SMILES string of the molecule is O=C(c1cc2ccccc2[nH]1)N1CCC(Nc2ccc(CCNC[C@H](O)COc3ccc(O)cc3)cc2)CC1. The maximum atomic E-state index is 13.0. The Morgan fingerprint density at radius 3 is 2.51 bits per heavy atom. The molecule has 8 nitrogen and oxygen atoms in total. The molecule has 5 rings (SSSR count). The Balaban J connectivity index is 0.986. The fraction of sp³-hybridized carbons (Fsp3) is 0.323. The predicted octanol–water partition coefficient (Wildman–Crippen LogP) is 4.16. The third kappa shape index (κ3) is 7.31. The monoisotopic (exact) mass is 528 g/mol. The molecule has 0 unspecified atom stereocenters. The van der Waals surface area contributed by atoms with E-state index in [0.29, 0.717) is 24.0 Å². The third-order valence-electron chi connectivity index (χ3n) is 7.12. The lowest BCUT2D eigenvalue weighted by Gasteiger charge is -2.32. The van der Waals surface area contributed by atoms with Crippen LogP contribution in [0, 0.1) is 0 Å². The molecule has 1 aromatic heterocycles. The van der Waals surface area contributed by atoms with Gasteiger partial charge in [0.2, 0.25) is 0 Å². The van der Waals surface area contributed by atoms with E-state index >= 15 is 0 Å². The molecule has 3 aromatic carbocycles. The van der Waals surface area contributed by atoms with Gasteiger partial charge in [-0.1, -0.05) is 30.3 Å². The number of nitrogens with zero attached hydrogens (tertiary/aromatic N) is 1. The summed E-state index contributed by atoms with van der Waals surface area (Å²) in [6.07, 6.45) is 2.07. The van der Waals surface area contributed by atoms with Crippen molar-refractivity contribution in [2.24, 2.45) is 0 Å². The fourth-order valence-electron chi connectivity index (χ4n) is 4.88. The van der Waals surface area contributed by atoms with E-state index in [1.807, 2.05) is 35.2 Å². The molecule has 0 radical (unpaired) electrons. The fourth-order valence-corrected chi connectivity index (χ4v) is 4.88. The third-order valence-corrected chi connectivity index (χ3v) is 7.12. The summed E-state index contributed by atoms with van der Waals surface area (Å²) in [6.45, 7) is 2.86. The van der Waals surface area contributed by atoms with E-state index in [4.69, 9.17) is 4.74 Å². The summed E-state index contributed by atoms with van der Waals surface area (Å²) in [6, 6.07) is 25.2. The number of fused-ring (bicyclic) bond motifs is 1. The van der Waals surface area contributed by atoms with E-state index in [1.165, 1.54) is 5.56 Å². The number of carbonyl (C=O) groups is 1. The number of amides is 1. The minimum atomic E-state index is -0.616. The molecular weight excluding hydrogens is 492 g/mol. The van der Waals surface area contributed by atoms with Crippen LogP contribution in [0.5, 0.6) is 11.5 Å². The van der Waals surface area contributed by atoms with Gasteiger partial charge in [-0.2, -0.15) is 0 Å². The summed E-state index contributed by atoms with van der Waals surface area (Å²) in [5.74, 6) is 0.870. The topological polar surface area (TPSA) is 110 Å². The van der Waals surface area contributed by atoms with Crippen molar-refractivity contribution in [1.29, 1.82) is 0 Å². The van der Waals surface area contributed by atoms with E-state index in [2.05, 4.69) is 39.9 Å². The van der Waals surface area contributed by atoms with E-state index < -0.39 is 6.10 Å². The van der Waals surface area contributed by atoms with Gasteiger partial charge in [-0.25, -0.2) is 0 Å². The van der Waals surface area contributed by atoms with Crippen molar-refractivity contribution in [3.8, 4) is 11.5 Å². The second-order valence-corrected chi connectivity index (χ2v) is 10.1. The molecule has 2 heterocycles. The average molecular weight is 529 g/mol. The Hall–Kier alpha value is -4.01. The lowest BCUT2D eigenvalue weighted by atomic mass is 10.0. The Kier molecular flexibility index (Phi) is 8.65. The number of aromatic hydroxyl groups is 1. The molecule has 1 amide bonds. The van der Waals surface area contributed by atoms with Crippen LogP contribution in [-0.4, -0.2) is 70.9 Å². The zero-order valence-electron chi connectivity index (χ0n) is 22.0. The normalized spacial score (nSPS) is 14.8. The highest BCUT2D eigenvalue weighted by Gasteiger charge is 2.24. The van der Waals surface area contributed by atoms with Crippen LogP contribution in [0.2, 0.25) is 0 Å². The lowest BCUT2D eigenvalue weighted by Crippen LogP contribution is -2.42. The molecule has 1 saturated heterocycles. The van der Waals surface area contributed by atoms with Gasteiger partial charge in [0.15, 0.2) is 0 Å². The minimum absolute atomic E-state index is 0.0694. The molecule has 1 aliphatic heterocycles. The largest absolute Gasteiger partial charge is 0.508 e. The molecule has 1 fully saturated rings. The molecule has 39 heavy (non-hydrogen) atoms. The number of aromatic amines is 1. The Morgan fingerprint density at radius 2 is 1.77 bits per heavy atom. The van der Waals surface area contributed by atoms with Crippen LogP contribution < -0.4 is 15.4 Å². The van der Waals surface area contributed by atoms with Crippen molar-refractivity contribution >= 4 is 22.5 Å². The van der Waals surface area contributed by atoms with Gasteiger partial charge in [0.1, 0.15) is 29.9 Å². The zero-order chi connectivity index (χ0) is 27.0. The van der Waals surface area contributed by atoms with Gasteiger partial charge < -0.3 is 35.5 Å². The molecule has 204 valence electrons. The number of hydrogen-bond acceptors (Lipinski definition) is 6. The zero-order valence-corrected chi connectivity index (χ0v) is 22.0. The van der Waals surface area contributed by atoms with E-state index in [0.717, 1.165) is 55.5 Å². The highest BCUT2D eigenvalue weighted by molar-refractivity contribution is 5.98. The Morgan fingerprint density at radius 1 is 1.03 bits per heavy atom. The summed E-state index contributed by atoms with van der Waals surface area (Å²) >= 11 is 0. The second-order valence-electron chi connectivity index (χ2n) is 10.1. The number of rotatable bonds is 11. The van der Waals surface area contributed by atoms with E-state index in [1.54, 1.807) is 24.3 Å². The van der Waals surface area contributed by atoms with Crippen LogP contribution in [-0.2, 0) is 6.42 Å². The van der Waals surface area contributed by atoms with Gasteiger partial charge in [0.05, 0.1) is 0 Å². The number of anilines is 1. The molecule has 8 heteroatoms. The van der Waals surface area contributed by atoms with Crippen molar-refractivity contribution in [2.45, 2.75) is 31.4 Å². The summed E-state index contributed by atoms with van der Waals surface area (Å²) in [5, 5.41) is 27.4. The number of carbonyl (C=O) groups excluding carboxylic acids is 1. The Labute approximate surface area is 228 Å². The Bertz CT molecular complexity index is 1310. The predicted molar refractivity (Wildman–Crippen MR) is 153 cm³/mol. The highest BCUT2D eigenvalue weighted by Crippen LogP contribution is 2.21. The molecule has 0 spiro atoms. The summed E-state index contributed by atoms with van der Waals surface area (Å²) < 4.78 is 5.53. The quantitative estimate of drug-likeness (QED) is 0.187. The van der Waals surface area contributed by atoms with Crippen molar-refractivity contribution in [1.82, 2.24) is 15.2 Å². The number of H-pyrrole nitrogens is 1. The molecular formula is C31H36N4O4. The van der Waals surface area contributed by atoms with Crippen LogP contribution in [0.3, 0.4) is 0 Å².